The lowest BCUT2D eigenvalue weighted by Gasteiger charge is -2.33. The van der Waals surface area contributed by atoms with Gasteiger partial charge in [-0.1, -0.05) is 29.3 Å². The Kier molecular flexibility index (Phi) is 6.17. The highest BCUT2D eigenvalue weighted by molar-refractivity contribution is 7.91. The topological polar surface area (TPSA) is 78.9 Å². The summed E-state index contributed by atoms with van der Waals surface area (Å²) in [5, 5.41) is -0.370. The minimum atomic E-state index is -3.71. The summed E-state index contributed by atoms with van der Waals surface area (Å²) in [5.74, 6) is -1.98. The van der Waals surface area contributed by atoms with Crippen LogP contribution in [0.2, 0.25) is 10.0 Å². The lowest BCUT2D eigenvalue weighted by Crippen LogP contribution is -2.40. The monoisotopic (exact) mass is 434 g/mol. The fourth-order valence-corrected chi connectivity index (χ4v) is 5.52. The first kappa shape index (κ1) is 20.6. The molecule has 6 nitrogen and oxygen atoms in total. The summed E-state index contributed by atoms with van der Waals surface area (Å²) in [6, 6.07) is 4.67. The first-order chi connectivity index (χ1) is 12.8. The molecule has 1 atom stereocenters. The number of ether oxygens (including phenoxy) is 3. The fraction of sp³-hybridized carbons (Fsp3) is 0.500. The van der Waals surface area contributed by atoms with Crippen molar-refractivity contribution < 1.29 is 27.4 Å². The Morgan fingerprint density at radius 3 is 2.59 bits per heavy atom. The van der Waals surface area contributed by atoms with E-state index in [9.17, 15) is 13.2 Å². The van der Waals surface area contributed by atoms with Crippen molar-refractivity contribution in [3.05, 3.63) is 45.5 Å². The SMILES string of the molecule is CCOC(=O)C1=CC2(CCC1S(=O)(=O)Cc1ccc(Cl)c(Cl)c1)OCCO2. The molecule has 0 radical (unpaired) electrons. The molecule has 0 amide bonds. The maximum atomic E-state index is 13.1. The van der Waals surface area contributed by atoms with Crippen LogP contribution in [0.4, 0.5) is 0 Å². The van der Waals surface area contributed by atoms with Crippen molar-refractivity contribution >= 4 is 39.0 Å². The number of rotatable bonds is 5. The molecular formula is C18H20Cl2O6S. The molecule has 0 bridgehead atoms. The van der Waals surface area contributed by atoms with Crippen LogP contribution in [0.3, 0.4) is 0 Å². The Morgan fingerprint density at radius 1 is 1.26 bits per heavy atom. The Hall–Kier alpha value is -1.12. The van der Waals surface area contributed by atoms with Crippen molar-refractivity contribution in [2.45, 2.75) is 36.6 Å². The van der Waals surface area contributed by atoms with E-state index in [-0.39, 0.29) is 29.4 Å². The lowest BCUT2D eigenvalue weighted by atomic mass is 9.94. The molecule has 1 aliphatic heterocycles. The van der Waals surface area contributed by atoms with Crippen LogP contribution in [0.1, 0.15) is 25.3 Å². The number of hydrogen-bond donors (Lipinski definition) is 0. The van der Waals surface area contributed by atoms with Crippen LogP contribution in [-0.4, -0.2) is 45.2 Å². The Bertz CT molecular complexity index is 859. The highest BCUT2D eigenvalue weighted by Gasteiger charge is 2.45. The van der Waals surface area contributed by atoms with Gasteiger partial charge in [-0.05, 0) is 37.1 Å². The van der Waals surface area contributed by atoms with Crippen molar-refractivity contribution in [2.75, 3.05) is 19.8 Å². The first-order valence-electron chi connectivity index (χ1n) is 8.59. The summed E-state index contributed by atoms with van der Waals surface area (Å²) in [6.07, 6.45) is 2.02. The molecule has 148 valence electrons. The van der Waals surface area contributed by atoms with Gasteiger partial charge >= 0.3 is 5.97 Å². The second-order valence-corrected chi connectivity index (χ2v) is 9.41. The maximum Gasteiger partial charge on any atom is 0.335 e. The fourth-order valence-electron chi connectivity index (χ4n) is 3.33. The minimum absolute atomic E-state index is 0.0602. The quantitative estimate of drug-likeness (QED) is 0.661. The molecule has 2 aliphatic rings. The molecule has 9 heteroatoms. The van der Waals surface area contributed by atoms with Crippen LogP contribution in [-0.2, 0) is 34.6 Å². The zero-order chi connectivity index (χ0) is 19.7. The third-order valence-corrected chi connectivity index (χ3v) is 7.38. The van der Waals surface area contributed by atoms with Crippen molar-refractivity contribution in [3.8, 4) is 0 Å². The van der Waals surface area contributed by atoms with Gasteiger partial charge in [0.15, 0.2) is 15.6 Å². The molecule has 3 rings (SSSR count). The zero-order valence-electron chi connectivity index (χ0n) is 14.7. The van der Waals surface area contributed by atoms with Gasteiger partial charge in [-0.2, -0.15) is 0 Å². The average molecular weight is 435 g/mol. The van der Waals surface area contributed by atoms with Crippen LogP contribution in [0.25, 0.3) is 0 Å². The van der Waals surface area contributed by atoms with Gasteiger partial charge in [0.1, 0.15) is 0 Å². The lowest BCUT2D eigenvalue weighted by molar-refractivity contribution is -0.143. The van der Waals surface area contributed by atoms with E-state index in [4.69, 9.17) is 37.4 Å². The van der Waals surface area contributed by atoms with Crippen LogP contribution >= 0.6 is 23.2 Å². The largest absolute Gasteiger partial charge is 0.463 e. The standard InChI is InChI=1S/C18H20Cl2O6S/c1-2-24-17(21)13-10-18(25-7-8-26-18)6-5-16(13)27(22,23)11-12-3-4-14(19)15(20)9-12/h3-4,9-10,16H,2,5-8,11H2,1H3. The molecule has 1 aromatic carbocycles. The van der Waals surface area contributed by atoms with Gasteiger partial charge in [0.2, 0.25) is 0 Å². The van der Waals surface area contributed by atoms with Gasteiger partial charge < -0.3 is 14.2 Å². The third-order valence-electron chi connectivity index (χ3n) is 4.55. The number of sulfone groups is 1. The van der Waals surface area contributed by atoms with Crippen LogP contribution in [0.5, 0.6) is 0 Å². The molecule has 0 aromatic heterocycles. The molecule has 1 saturated heterocycles. The number of hydrogen-bond acceptors (Lipinski definition) is 6. The van der Waals surface area contributed by atoms with Crippen LogP contribution in [0, 0.1) is 0 Å². The highest BCUT2D eigenvalue weighted by Crippen LogP contribution is 2.38. The van der Waals surface area contributed by atoms with E-state index in [1.165, 1.54) is 12.1 Å². The summed E-state index contributed by atoms with van der Waals surface area (Å²) >= 11 is 11.9. The molecular weight excluding hydrogens is 415 g/mol. The first-order valence-corrected chi connectivity index (χ1v) is 11.1. The molecule has 1 aromatic rings. The predicted octanol–water partition coefficient (Wildman–Crippen LogP) is 3.30. The summed E-state index contributed by atoms with van der Waals surface area (Å²) in [4.78, 5) is 12.4. The smallest absolute Gasteiger partial charge is 0.335 e. The zero-order valence-corrected chi connectivity index (χ0v) is 17.1. The summed E-state index contributed by atoms with van der Waals surface area (Å²) in [7, 11) is -3.71. The van der Waals surface area contributed by atoms with Crippen molar-refractivity contribution in [1.29, 1.82) is 0 Å². The van der Waals surface area contributed by atoms with Gasteiger partial charge in [-0.25, -0.2) is 13.2 Å². The summed E-state index contributed by atoms with van der Waals surface area (Å²) in [6.45, 7) is 2.60. The molecule has 1 unspecified atom stereocenters. The molecule has 27 heavy (non-hydrogen) atoms. The number of halogens is 2. The van der Waals surface area contributed by atoms with E-state index in [1.54, 1.807) is 19.1 Å². The predicted molar refractivity (Wildman–Crippen MR) is 101 cm³/mol. The second kappa shape index (κ2) is 8.09. The van der Waals surface area contributed by atoms with Crippen LogP contribution in [0.15, 0.2) is 29.8 Å². The Morgan fingerprint density at radius 2 is 1.96 bits per heavy atom. The van der Waals surface area contributed by atoms with Gasteiger partial charge in [0.25, 0.3) is 0 Å². The number of esters is 1. The van der Waals surface area contributed by atoms with E-state index >= 15 is 0 Å². The highest BCUT2D eigenvalue weighted by atomic mass is 35.5. The Labute approximate surface area is 168 Å². The van der Waals surface area contributed by atoms with E-state index < -0.39 is 26.8 Å². The maximum absolute atomic E-state index is 13.1. The number of carbonyl (C=O) groups excluding carboxylic acids is 1. The molecule has 1 heterocycles. The van der Waals surface area contributed by atoms with E-state index in [2.05, 4.69) is 0 Å². The molecule has 0 N–H and O–H groups in total. The summed E-state index contributed by atoms with van der Waals surface area (Å²) in [5.41, 5.74) is 0.561. The van der Waals surface area contributed by atoms with E-state index in [0.717, 1.165) is 0 Å². The number of benzene rings is 1. The van der Waals surface area contributed by atoms with E-state index in [0.29, 0.717) is 30.2 Å². The molecule has 0 saturated carbocycles. The van der Waals surface area contributed by atoms with Gasteiger partial charge in [0, 0.05) is 6.42 Å². The van der Waals surface area contributed by atoms with Gasteiger partial charge in [-0.15, -0.1) is 0 Å². The molecule has 1 aliphatic carbocycles. The summed E-state index contributed by atoms with van der Waals surface area (Å²) < 4.78 is 42.4. The van der Waals surface area contributed by atoms with Crippen LogP contribution < -0.4 is 0 Å². The van der Waals surface area contributed by atoms with Crippen molar-refractivity contribution in [2.24, 2.45) is 0 Å². The minimum Gasteiger partial charge on any atom is -0.463 e. The number of carbonyl (C=O) groups is 1. The van der Waals surface area contributed by atoms with Gasteiger partial charge in [-0.3, -0.25) is 0 Å². The Balaban J connectivity index is 1.92. The van der Waals surface area contributed by atoms with Crippen molar-refractivity contribution in [1.82, 2.24) is 0 Å². The molecule has 1 fully saturated rings. The van der Waals surface area contributed by atoms with E-state index in [1.807, 2.05) is 0 Å². The molecule has 1 spiro atoms. The van der Waals surface area contributed by atoms with Gasteiger partial charge in [0.05, 0.1) is 46.4 Å². The second-order valence-electron chi connectivity index (χ2n) is 6.41. The third kappa shape index (κ3) is 4.49. The normalized spacial score (nSPS) is 21.9. The van der Waals surface area contributed by atoms with Crippen molar-refractivity contribution in [3.63, 3.8) is 0 Å². The average Bonchev–Trinajstić information content (AvgIpc) is 3.05.